The number of rotatable bonds is 5. The van der Waals surface area contributed by atoms with Gasteiger partial charge in [0.25, 0.3) is 0 Å². The van der Waals surface area contributed by atoms with Crippen molar-refractivity contribution < 1.29 is 0 Å². The second kappa shape index (κ2) is 7.05. The molecule has 2 aromatic carbocycles. The predicted octanol–water partition coefficient (Wildman–Crippen LogP) is 5.56. The SMILES string of the molecule is CCC(N[C@@H](C)c1ccc(C)cc1)c1cccc(Br)c1. The number of nitrogens with one attached hydrogen (secondary N) is 1. The molecule has 20 heavy (non-hydrogen) atoms. The molecule has 0 amide bonds. The number of hydrogen-bond acceptors (Lipinski definition) is 1. The number of aryl methyl sites for hydroxylation is 1. The van der Waals surface area contributed by atoms with Crippen molar-refractivity contribution >= 4 is 15.9 Å². The van der Waals surface area contributed by atoms with Crippen LogP contribution in [0.3, 0.4) is 0 Å². The first-order valence-electron chi connectivity index (χ1n) is 7.18. The summed E-state index contributed by atoms with van der Waals surface area (Å²) in [6.45, 7) is 6.57. The van der Waals surface area contributed by atoms with Gasteiger partial charge in [0.2, 0.25) is 0 Å². The topological polar surface area (TPSA) is 12.0 Å². The summed E-state index contributed by atoms with van der Waals surface area (Å²) in [5, 5.41) is 3.73. The fourth-order valence-corrected chi connectivity index (χ4v) is 2.84. The van der Waals surface area contributed by atoms with Crippen LogP contribution in [0.5, 0.6) is 0 Å². The van der Waals surface area contributed by atoms with Crippen molar-refractivity contribution in [3.05, 3.63) is 69.7 Å². The molecule has 0 radical (unpaired) electrons. The predicted molar refractivity (Wildman–Crippen MR) is 89.9 cm³/mol. The molecule has 2 atom stereocenters. The highest BCUT2D eigenvalue weighted by Gasteiger charge is 2.13. The minimum atomic E-state index is 0.347. The Kier molecular flexibility index (Phi) is 5.38. The summed E-state index contributed by atoms with van der Waals surface area (Å²) in [7, 11) is 0. The second-order valence-corrected chi connectivity index (χ2v) is 6.23. The number of halogens is 1. The summed E-state index contributed by atoms with van der Waals surface area (Å²) < 4.78 is 1.14. The Hall–Kier alpha value is -1.12. The Bertz CT molecular complexity index is 548. The molecule has 0 saturated heterocycles. The first-order chi connectivity index (χ1) is 9.60. The van der Waals surface area contributed by atoms with Gasteiger partial charge in [0.1, 0.15) is 0 Å². The lowest BCUT2D eigenvalue weighted by molar-refractivity contribution is 0.456. The first kappa shape index (κ1) is 15.3. The van der Waals surface area contributed by atoms with Crippen LogP contribution in [0.4, 0.5) is 0 Å². The van der Waals surface area contributed by atoms with Gasteiger partial charge in [0.15, 0.2) is 0 Å². The maximum Gasteiger partial charge on any atom is 0.0323 e. The average Bonchev–Trinajstić information content (AvgIpc) is 2.45. The van der Waals surface area contributed by atoms with E-state index in [0.717, 1.165) is 10.9 Å². The minimum absolute atomic E-state index is 0.347. The molecule has 0 saturated carbocycles. The molecule has 2 heteroatoms. The van der Waals surface area contributed by atoms with Gasteiger partial charge >= 0.3 is 0 Å². The summed E-state index contributed by atoms with van der Waals surface area (Å²) in [4.78, 5) is 0. The molecule has 106 valence electrons. The van der Waals surface area contributed by atoms with Gasteiger partial charge in [0, 0.05) is 16.6 Å². The van der Waals surface area contributed by atoms with E-state index in [2.05, 4.69) is 90.5 Å². The monoisotopic (exact) mass is 331 g/mol. The van der Waals surface area contributed by atoms with Crippen LogP contribution >= 0.6 is 15.9 Å². The van der Waals surface area contributed by atoms with Gasteiger partial charge in [-0.05, 0) is 43.5 Å². The summed E-state index contributed by atoms with van der Waals surface area (Å²) in [6.07, 6.45) is 1.08. The summed E-state index contributed by atoms with van der Waals surface area (Å²) >= 11 is 3.55. The Morgan fingerprint density at radius 3 is 2.35 bits per heavy atom. The van der Waals surface area contributed by atoms with Crippen LogP contribution < -0.4 is 5.32 Å². The molecule has 2 aromatic rings. The van der Waals surface area contributed by atoms with E-state index in [1.165, 1.54) is 16.7 Å². The quantitative estimate of drug-likeness (QED) is 0.756. The molecule has 0 aromatic heterocycles. The smallest absolute Gasteiger partial charge is 0.0323 e. The van der Waals surface area contributed by atoms with Crippen LogP contribution in [0.2, 0.25) is 0 Å². The highest BCUT2D eigenvalue weighted by molar-refractivity contribution is 9.10. The van der Waals surface area contributed by atoms with Crippen LogP contribution in [0.1, 0.15) is 49.0 Å². The van der Waals surface area contributed by atoms with Crippen LogP contribution in [0.15, 0.2) is 53.0 Å². The molecule has 0 aliphatic rings. The molecule has 0 aliphatic heterocycles. The van der Waals surface area contributed by atoms with E-state index in [1.807, 2.05) is 0 Å². The van der Waals surface area contributed by atoms with Gasteiger partial charge in [0.05, 0.1) is 0 Å². The van der Waals surface area contributed by atoms with E-state index in [4.69, 9.17) is 0 Å². The molecule has 1 unspecified atom stereocenters. The van der Waals surface area contributed by atoms with Gasteiger partial charge in [-0.15, -0.1) is 0 Å². The highest BCUT2D eigenvalue weighted by Crippen LogP contribution is 2.24. The lowest BCUT2D eigenvalue weighted by Gasteiger charge is -2.23. The maximum atomic E-state index is 3.73. The first-order valence-corrected chi connectivity index (χ1v) is 7.97. The van der Waals surface area contributed by atoms with Crippen molar-refractivity contribution in [2.45, 2.75) is 39.3 Å². The van der Waals surface area contributed by atoms with Gasteiger partial charge < -0.3 is 5.32 Å². The van der Waals surface area contributed by atoms with Crippen LogP contribution in [0, 0.1) is 6.92 Å². The third kappa shape index (κ3) is 3.94. The molecule has 0 bridgehead atoms. The molecule has 0 fully saturated rings. The van der Waals surface area contributed by atoms with Crippen LogP contribution in [-0.2, 0) is 0 Å². The molecular formula is C18H22BrN. The van der Waals surface area contributed by atoms with Gasteiger partial charge in [-0.25, -0.2) is 0 Å². The summed E-state index contributed by atoms with van der Waals surface area (Å²) in [6, 6.07) is 18.0. The molecule has 1 nitrogen and oxygen atoms in total. The largest absolute Gasteiger partial charge is 0.303 e. The summed E-state index contributed by atoms with van der Waals surface area (Å²) in [5.41, 5.74) is 3.98. The third-order valence-electron chi connectivity index (χ3n) is 3.69. The molecule has 0 spiro atoms. The van der Waals surface area contributed by atoms with Crippen molar-refractivity contribution in [2.75, 3.05) is 0 Å². The van der Waals surface area contributed by atoms with Crippen molar-refractivity contribution in [1.29, 1.82) is 0 Å². The van der Waals surface area contributed by atoms with Crippen molar-refractivity contribution in [3.8, 4) is 0 Å². The van der Waals surface area contributed by atoms with E-state index in [1.54, 1.807) is 0 Å². The number of hydrogen-bond donors (Lipinski definition) is 1. The Labute approximate surface area is 130 Å². The van der Waals surface area contributed by atoms with E-state index in [9.17, 15) is 0 Å². The lowest BCUT2D eigenvalue weighted by Crippen LogP contribution is -2.24. The minimum Gasteiger partial charge on any atom is -0.303 e. The van der Waals surface area contributed by atoms with Gasteiger partial charge in [-0.1, -0.05) is 64.8 Å². The Morgan fingerprint density at radius 1 is 1.05 bits per heavy atom. The zero-order valence-electron chi connectivity index (χ0n) is 12.4. The van der Waals surface area contributed by atoms with Crippen LogP contribution in [-0.4, -0.2) is 0 Å². The zero-order chi connectivity index (χ0) is 14.5. The summed E-state index contributed by atoms with van der Waals surface area (Å²) in [5.74, 6) is 0. The Balaban J connectivity index is 2.11. The van der Waals surface area contributed by atoms with Crippen molar-refractivity contribution in [3.63, 3.8) is 0 Å². The molecular weight excluding hydrogens is 310 g/mol. The molecule has 0 heterocycles. The van der Waals surface area contributed by atoms with Crippen molar-refractivity contribution in [2.24, 2.45) is 0 Å². The maximum absolute atomic E-state index is 3.73. The fraction of sp³-hybridized carbons (Fsp3) is 0.333. The standard InChI is InChI=1S/C18H22BrN/c1-4-18(16-6-5-7-17(19)12-16)20-14(3)15-10-8-13(2)9-11-15/h5-12,14,18,20H,4H2,1-3H3/t14-,18?/m0/s1. The molecule has 0 aliphatic carbocycles. The van der Waals surface area contributed by atoms with E-state index in [-0.39, 0.29) is 0 Å². The van der Waals surface area contributed by atoms with E-state index in [0.29, 0.717) is 12.1 Å². The fourth-order valence-electron chi connectivity index (χ4n) is 2.43. The van der Waals surface area contributed by atoms with E-state index >= 15 is 0 Å². The third-order valence-corrected chi connectivity index (χ3v) is 4.18. The normalized spacial score (nSPS) is 14.0. The lowest BCUT2D eigenvalue weighted by atomic mass is 10.0. The van der Waals surface area contributed by atoms with Crippen LogP contribution in [0.25, 0.3) is 0 Å². The molecule has 1 N–H and O–H groups in total. The zero-order valence-corrected chi connectivity index (χ0v) is 13.9. The van der Waals surface area contributed by atoms with Gasteiger partial charge in [-0.3, -0.25) is 0 Å². The average molecular weight is 332 g/mol. The van der Waals surface area contributed by atoms with Crippen molar-refractivity contribution in [1.82, 2.24) is 5.32 Å². The van der Waals surface area contributed by atoms with Gasteiger partial charge in [-0.2, -0.15) is 0 Å². The second-order valence-electron chi connectivity index (χ2n) is 5.31. The van der Waals surface area contributed by atoms with E-state index < -0.39 is 0 Å². The highest BCUT2D eigenvalue weighted by atomic mass is 79.9. The number of benzene rings is 2. The Morgan fingerprint density at radius 2 is 1.75 bits per heavy atom. The molecule has 2 rings (SSSR count).